The number of nitrogens with one attached hydrogen (secondary N) is 1. The minimum absolute atomic E-state index is 0.0617. The Morgan fingerprint density at radius 1 is 0.962 bits per heavy atom. The monoisotopic (exact) mass is 346 g/mol. The van der Waals surface area contributed by atoms with Gasteiger partial charge in [0.15, 0.2) is 6.61 Å². The van der Waals surface area contributed by atoms with Crippen molar-refractivity contribution in [3.05, 3.63) is 77.4 Å². The molecule has 0 radical (unpaired) electrons. The first-order valence-electron chi connectivity index (χ1n) is 8.02. The minimum atomic E-state index is -0.999. The van der Waals surface area contributed by atoms with Crippen LogP contribution in [0.25, 0.3) is 22.9 Å². The molecular weight excluding hydrogens is 328 g/mol. The third-order valence-electron chi connectivity index (χ3n) is 3.89. The first-order valence-corrected chi connectivity index (χ1v) is 8.02. The molecule has 0 unspecified atom stereocenters. The minimum Gasteiger partial charge on any atom is -0.482 e. The van der Waals surface area contributed by atoms with Crippen LogP contribution in [-0.2, 0) is 4.79 Å². The number of rotatable bonds is 6. The zero-order chi connectivity index (χ0) is 18.5. The molecule has 0 amide bonds. The van der Waals surface area contributed by atoms with E-state index in [1.807, 2.05) is 54.6 Å². The highest BCUT2D eigenvalue weighted by Gasteiger charge is 2.00. The number of aliphatic carboxylic acids is 1. The topological polar surface area (TPSA) is 96.4 Å². The highest BCUT2D eigenvalue weighted by atomic mass is 16.5. The quantitative estimate of drug-likeness (QED) is 0.360. The molecule has 5 nitrogen and oxygen atoms in total. The van der Waals surface area contributed by atoms with Gasteiger partial charge in [-0.05, 0) is 46.2 Å². The van der Waals surface area contributed by atoms with Gasteiger partial charge in [-0.1, -0.05) is 48.6 Å². The Labute approximate surface area is 150 Å². The van der Waals surface area contributed by atoms with Crippen LogP contribution in [-0.4, -0.2) is 23.5 Å². The van der Waals surface area contributed by atoms with Crippen LogP contribution in [0.2, 0.25) is 0 Å². The predicted molar refractivity (Wildman–Crippen MR) is 103 cm³/mol. The van der Waals surface area contributed by atoms with Gasteiger partial charge >= 0.3 is 5.97 Å². The van der Waals surface area contributed by atoms with Gasteiger partial charge in [0.05, 0.1) is 0 Å². The van der Waals surface area contributed by atoms with Gasteiger partial charge in [0.25, 0.3) is 0 Å². The predicted octanol–water partition coefficient (Wildman–Crippen LogP) is 3.76. The van der Waals surface area contributed by atoms with E-state index >= 15 is 0 Å². The van der Waals surface area contributed by atoms with Gasteiger partial charge in [0.1, 0.15) is 11.6 Å². The van der Waals surface area contributed by atoms with Gasteiger partial charge in [-0.15, -0.1) is 0 Å². The van der Waals surface area contributed by atoms with Crippen LogP contribution in [0.1, 0.15) is 16.7 Å². The number of benzene rings is 3. The molecule has 0 saturated carbocycles. The number of fused-ring (bicyclic) bond motifs is 1. The number of amidine groups is 1. The molecule has 0 fully saturated rings. The van der Waals surface area contributed by atoms with E-state index in [2.05, 4.69) is 6.07 Å². The van der Waals surface area contributed by atoms with E-state index < -0.39 is 5.97 Å². The third kappa shape index (κ3) is 4.27. The van der Waals surface area contributed by atoms with Crippen LogP contribution >= 0.6 is 0 Å². The number of nitrogens with two attached hydrogens (primary N) is 1. The number of carboxylic acid groups (broad SMARTS) is 1. The summed E-state index contributed by atoms with van der Waals surface area (Å²) in [4.78, 5) is 10.5. The van der Waals surface area contributed by atoms with Crippen LogP contribution in [0, 0.1) is 5.41 Å². The summed E-state index contributed by atoms with van der Waals surface area (Å²) in [6.45, 7) is -0.350. The SMILES string of the molecule is N=C(N)c1ccc2cc(/C=C/c3ccc(OCC(=O)O)cc3)ccc2c1. The van der Waals surface area contributed by atoms with Gasteiger partial charge in [-0.25, -0.2) is 4.79 Å². The molecule has 0 atom stereocenters. The van der Waals surface area contributed by atoms with Gasteiger partial charge in [0.2, 0.25) is 0 Å². The maximum absolute atomic E-state index is 10.5. The highest BCUT2D eigenvalue weighted by Crippen LogP contribution is 2.20. The van der Waals surface area contributed by atoms with Crippen LogP contribution in [0.15, 0.2) is 60.7 Å². The molecule has 3 rings (SSSR count). The van der Waals surface area contributed by atoms with Gasteiger partial charge in [0, 0.05) is 5.56 Å². The Bertz CT molecular complexity index is 992. The number of ether oxygens (including phenoxy) is 1. The zero-order valence-electron chi connectivity index (χ0n) is 14.0. The van der Waals surface area contributed by atoms with Crippen LogP contribution in [0.5, 0.6) is 5.75 Å². The Kier molecular flexibility index (Phi) is 4.99. The number of carboxylic acids is 1. The molecule has 0 spiro atoms. The fourth-order valence-electron chi connectivity index (χ4n) is 2.55. The van der Waals surface area contributed by atoms with Crippen LogP contribution < -0.4 is 10.5 Å². The van der Waals surface area contributed by atoms with Crippen molar-refractivity contribution in [2.45, 2.75) is 0 Å². The number of carbonyl (C=O) groups is 1. The van der Waals surface area contributed by atoms with Crippen molar-refractivity contribution in [2.75, 3.05) is 6.61 Å². The third-order valence-corrected chi connectivity index (χ3v) is 3.89. The van der Waals surface area contributed by atoms with Crippen molar-refractivity contribution < 1.29 is 14.6 Å². The smallest absolute Gasteiger partial charge is 0.341 e. The summed E-state index contributed by atoms with van der Waals surface area (Å²) in [7, 11) is 0. The van der Waals surface area contributed by atoms with Crippen molar-refractivity contribution >= 4 is 34.7 Å². The second-order valence-corrected chi connectivity index (χ2v) is 5.82. The summed E-state index contributed by atoms with van der Waals surface area (Å²) in [5.41, 5.74) is 8.28. The van der Waals surface area contributed by atoms with E-state index in [4.69, 9.17) is 21.0 Å². The van der Waals surface area contributed by atoms with Crippen molar-refractivity contribution in [3.63, 3.8) is 0 Å². The van der Waals surface area contributed by atoms with E-state index in [0.717, 1.165) is 21.9 Å². The molecular formula is C21H18N2O3. The fraction of sp³-hybridized carbons (Fsp3) is 0.0476. The maximum atomic E-state index is 10.5. The Hall–Kier alpha value is -3.60. The fourth-order valence-corrected chi connectivity index (χ4v) is 2.55. The van der Waals surface area contributed by atoms with E-state index in [1.165, 1.54) is 0 Å². The lowest BCUT2D eigenvalue weighted by molar-refractivity contribution is -0.139. The number of nitrogen functional groups attached to an aromatic ring is 1. The van der Waals surface area contributed by atoms with Gasteiger partial charge in [-0.2, -0.15) is 0 Å². The molecule has 0 saturated heterocycles. The highest BCUT2D eigenvalue weighted by molar-refractivity contribution is 5.99. The van der Waals surface area contributed by atoms with Gasteiger partial charge < -0.3 is 15.6 Å². The Morgan fingerprint density at radius 2 is 1.58 bits per heavy atom. The summed E-state index contributed by atoms with van der Waals surface area (Å²) >= 11 is 0. The summed E-state index contributed by atoms with van der Waals surface area (Å²) in [5.74, 6) is -0.413. The normalized spacial score (nSPS) is 10.9. The lowest BCUT2D eigenvalue weighted by Crippen LogP contribution is -2.10. The average Bonchev–Trinajstić information content (AvgIpc) is 2.64. The largest absolute Gasteiger partial charge is 0.482 e. The molecule has 0 bridgehead atoms. The van der Waals surface area contributed by atoms with Crippen molar-refractivity contribution in [2.24, 2.45) is 5.73 Å². The number of hydrogen-bond acceptors (Lipinski definition) is 3. The summed E-state index contributed by atoms with van der Waals surface area (Å²) in [6, 6.07) is 19.0. The Morgan fingerprint density at radius 3 is 2.27 bits per heavy atom. The molecule has 0 aliphatic heterocycles. The molecule has 3 aromatic rings. The average molecular weight is 346 g/mol. The van der Waals surface area contributed by atoms with Crippen molar-refractivity contribution in [3.8, 4) is 5.75 Å². The lowest BCUT2D eigenvalue weighted by Gasteiger charge is -2.04. The first kappa shape index (κ1) is 17.2. The van der Waals surface area contributed by atoms with E-state index in [0.29, 0.717) is 11.3 Å². The van der Waals surface area contributed by atoms with E-state index in [-0.39, 0.29) is 12.4 Å². The standard InChI is InChI=1S/C21H18N2O3/c22-21(23)18-8-7-16-11-15(3-6-17(16)12-18)2-1-14-4-9-19(10-5-14)26-13-20(24)25/h1-12H,13H2,(H3,22,23)(H,24,25)/b2-1+. The first-order chi connectivity index (χ1) is 12.5. The molecule has 130 valence electrons. The number of hydrogen-bond donors (Lipinski definition) is 3. The molecule has 0 aliphatic carbocycles. The van der Waals surface area contributed by atoms with Gasteiger partial charge in [-0.3, -0.25) is 5.41 Å². The molecule has 0 aliphatic rings. The molecule has 0 heterocycles. The second-order valence-electron chi connectivity index (χ2n) is 5.82. The maximum Gasteiger partial charge on any atom is 0.341 e. The lowest BCUT2D eigenvalue weighted by atomic mass is 10.0. The summed E-state index contributed by atoms with van der Waals surface area (Å²) < 4.78 is 5.11. The van der Waals surface area contributed by atoms with Crippen LogP contribution in [0.3, 0.4) is 0 Å². The zero-order valence-corrected chi connectivity index (χ0v) is 14.0. The molecule has 0 aromatic heterocycles. The van der Waals surface area contributed by atoms with E-state index in [9.17, 15) is 4.79 Å². The van der Waals surface area contributed by atoms with E-state index in [1.54, 1.807) is 12.1 Å². The van der Waals surface area contributed by atoms with Crippen molar-refractivity contribution in [1.82, 2.24) is 0 Å². The molecule has 4 N–H and O–H groups in total. The summed E-state index contributed by atoms with van der Waals surface area (Å²) in [6.07, 6.45) is 3.98. The second kappa shape index (κ2) is 7.53. The molecule has 5 heteroatoms. The molecule has 3 aromatic carbocycles. The summed E-state index contributed by atoms with van der Waals surface area (Å²) in [5, 5.41) is 18.2. The Balaban J connectivity index is 1.74. The van der Waals surface area contributed by atoms with Crippen molar-refractivity contribution in [1.29, 1.82) is 5.41 Å². The molecule has 26 heavy (non-hydrogen) atoms. The van der Waals surface area contributed by atoms with Crippen LogP contribution in [0.4, 0.5) is 0 Å².